The molecule has 4 heteroatoms. The average Bonchev–Trinajstić information content (AvgIpc) is 2.42. The summed E-state index contributed by atoms with van der Waals surface area (Å²) < 4.78 is 5.78. The molecule has 2 aromatic rings. The lowest BCUT2D eigenvalue weighted by atomic mass is 10.0. The van der Waals surface area contributed by atoms with Crippen LogP contribution in [0.4, 0.5) is 0 Å². The summed E-state index contributed by atoms with van der Waals surface area (Å²) in [5.74, 6) is 0.880. The van der Waals surface area contributed by atoms with Gasteiger partial charge in [-0.15, -0.1) is 0 Å². The Morgan fingerprint density at radius 2 is 1.76 bits per heavy atom. The first-order chi connectivity index (χ1) is 10.1. The lowest BCUT2D eigenvalue weighted by Crippen LogP contribution is -2.56. The van der Waals surface area contributed by atoms with Crippen molar-refractivity contribution in [1.82, 2.24) is 9.88 Å². The molecule has 1 aromatic carbocycles. The van der Waals surface area contributed by atoms with Gasteiger partial charge >= 0.3 is 0 Å². The van der Waals surface area contributed by atoms with Crippen LogP contribution in [0.5, 0.6) is 5.75 Å². The molecular weight excluding hydrogens is 264 g/mol. The number of hydrogen-bond acceptors (Lipinski definition) is 3. The summed E-state index contributed by atoms with van der Waals surface area (Å²) in [5.41, 5.74) is 2.99. The highest BCUT2D eigenvalue weighted by Gasteiger charge is 2.32. The first kappa shape index (κ1) is 13.6. The molecule has 1 saturated heterocycles. The predicted molar refractivity (Wildman–Crippen MR) is 80.5 cm³/mol. The van der Waals surface area contributed by atoms with E-state index in [1.165, 1.54) is 0 Å². The number of amides is 1. The molecule has 1 aromatic heterocycles. The highest BCUT2D eigenvalue weighted by Crippen LogP contribution is 2.20. The standard InChI is InChI=1S/C17H18N2O2/c1-12-7-13(2)9-14(8-12)17(20)19-10-16(11-19)21-15-3-5-18-6-4-15/h3-9,16H,10-11H2,1-2H3. The summed E-state index contributed by atoms with van der Waals surface area (Å²) in [6.07, 6.45) is 3.47. The van der Waals surface area contributed by atoms with Gasteiger partial charge in [-0.05, 0) is 38.1 Å². The summed E-state index contributed by atoms with van der Waals surface area (Å²) in [7, 11) is 0. The molecule has 2 heterocycles. The van der Waals surface area contributed by atoms with Crippen molar-refractivity contribution in [3.05, 3.63) is 59.4 Å². The van der Waals surface area contributed by atoms with Crippen molar-refractivity contribution >= 4 is 5.91 Å². The van der Waals surface area contributed by atoms with Crippen LogP contribution in [0.15, 0.2) is 42.7 Å². The van der Waals surface area contributed by atoms with E-state index >= 15 is 0 Å². The van der Waals surface area contributed by atoms with Crippen LogP contribution in [0, 0.1) is 13.8 Å². The van der Waals surface area contributed by atoms with Crippen LogP contribution in [0.1, 0.15) is 21.5 Å². The number of likely N-dealkylation sites (tertiary alicyclic amines) is 1. The monoisotopic (exact) mass is 282 g/mol. The molecule has 0 atom stereocenters. The van der Waals surface area contributed by atoms with E-state index in [0.29, 0.717) is 13.1 Å². The lowest BCUT2D eigenvalue weighted by Gasteiger charge is -2.39. The van der Waals surface area contributed by atoms with E-state index < -0.39 is 0 Å². The highest BCUT2D eigenvalue weighted by molar-refractivity contribution is 5.95. The Hall–Kier alpha value is -2.36. The maximum atomic E-state index is 12.4. The molecule has 21 heavy (non-hydrogen) atoms. The minimum Gasteiger partial charge on any atom is -0.487 e. The molecule has 108 valence electrons. The van der Waals surface area contributed by atoms with Crippen LogP contribution in [0.3, 0.4) is 0 Å². The van der Waals surface area contributed by atoms with E-state index in [-0.39, 0.29) is 12.0 Å². The molecule has 0 N–H and O–H groups in total. The van der Waals surface area contributed by atoms with Gasteiger partial charge in [-0.25, -0.2) is 0 Å². The quantitative estimate of drug-likeness (QED) is 0.869. The summed E-state index contributed by atoms with van der Waals surface area (Å²) in [6.45, 7) is 5.28. The first-order valence-electron chi connectivity index (χ1n) is 7.06. The van der Waals surface area contributed by atoms with E-state index in [9.17, 15) is 4.79 Å². The van der Waals surface area contributed by atoms with Crippen molar-refractivity contribution in [2.45, 2.75) is 20.0 Å². The number of ether oxygens (including phenoxy) is 1. The van der Waals surface area contributed by atoms with E-state index in [1.807, 2.05) is 43.0 Å². The molecule has 0 spiro atoms. The number of benzene rings is 1. The zero-order valence-corrected chi connectivity index (χ0v) is 12.2. The Labute approximate surface area is 124 Å². The first-order valence-corrected chi connectivity index (χ1v) is 7.06. The number of hydrogen-bond donors (Lipinski definition) is 0. The molecule has 0 bridgehead atoms. The van der Waals surface area contributed by atoms with Gasteiger partial charge in [0.2, 0.25) is 0 Å². The van der Waals surface area contributed by atoms with Crippen LogP contribution in [0.2, 0.25) is 0 Å². The fourth-order valence-corrected chi connectivity index (χ4v) is 2.57. The topological polar surface area (TPSA) is 42.4 Å². The zero-order valence-electron chi connectivity index (χ0n) is 12.2. The van der Waals surface area contributed by atoms with Crippen molar-refractivity contribution in [3.63, 3.8) is 0 Å². The Morgan fingerprint density at radius 3 is 2.38 bits per heavy atom. The summed E-state index contributed by atoms with van der Waals surface area (Å²) in [6, 6.07) is 9.60. The van der Waals surface area contributed by atoms with Crippen molar-refractivity contribution < 1.29 is 9.53 Å². The third-order valence-corrected chi connectivity index (χ3v) is 3.56. The maximum Gasteiger partial charge on any atom is 0.254 e. The van der Waals surface area contributed by atoms with E-state index in [0.717, 1.165) is 22.4 Å². The van der Waals surface area contributed by atoms with Crippen molar-refractivity contribution in [1.29, 1.82) is 0 Å². The van der Waals surface area contributed by atoms with E-state index in [2.05, 4.69) is 11.1 Å². The molecular formula is C17H18N2O2. The second kappa shape index (κ2) is 5.56. The largest absolute Gasteiger partial charge is 0.487 e. The second-order valence-corrected chi connectivity index (χ2v) is 5.51. The number of carbonyl (C=O) groups is 1. The Bertz CT molecular complexity index is 629. The van der Waals surface area contributed by atoms with Crippen LogP contribution < -0.4 is 4.74 Å². The molecule has 0 saturated carbocycles. The molecule has 0 aliphatic carbocycles. The number of aryl methyl sites for hydroxylation is 2. The fraction of sp³-hybridized carbons (Fsp3) is 0.294. The van der Waals surface area contributed by atoms with Gasteiger partial charge < -0.3 is 9.64 Å². The Kier molecular flexibility index (Phi) is 3.60. The number of nitrogens with zero attached hydrogens (tertiary/aromatic N) is 2. The lowest BCUT2D eigenvalue weighted by molar-refractivity contribution is 0.0177. The smallest absolute Gasteiger partial charge is 0.254 e. The molecule has 3 rings (SSSR count). The third kappa shape index (κ3) is 3.05. The minimum atomic E-state index is 0.0715. The predicted octanol–water partition coefficient (Wildman–Crippen LogP) is 2.60. The number of aromatic nitrogens is 1. The number of rotatable bonds is 3. The highest BCUT2D eigenvalue weighted by atomic mass is 16.5. The zero-order chi connectivity index (χ0) is 14.8. The van der Waals surface area contributed by atoms with E-state index in [4.69, 9.17) is 4.74 Å². The van der Waals surface area contributed by atoms with Gasteiger partial charge in [0.05, 0.1) is 13.1 Å². The molecule has 4 nitrogen and oxygen atoms in total. The number of carbonyl (C=O) groups excluding carboxylic acids is 1. The fourth-order valence-electron chi connectivity index (χ4n) is 2.57. The van der Waals surface area contributed by atoms with Crippen LogP contribution >= 0.6 is 0 Å². The van der Waals surface area contributed by atoms with Crippen molar-refractivity contribution in [2.75, 3.05) is 13.1 Å². The van der Waals surface area contributed by atoms with Crippen LogP contribution in [-0.2, 0) is 0 Å². The third-order valence-electron chi connectivity index (χ3n) is 3.56. The van der Waals surface area contributed by atoms with Crippen LogP contribution in [-0.4, -0.2) is 35.0 Å². The summed E-state index contributed by atoms with van der Waals surface area (Å²) >= 11 is 0. The van der Waals surface area contributed by atoms with Gasteiger partial charge in [-0.3, -0.25) is 9.78 Å². The maximum absolute atomic E-state index is 12.4. The summed E-state index contributed by atoms with van der Waals surface area (Å²) in [5, 5.41) is 0. The van der Waals surface area contributed by atoms with Gasteiger partial charge in [0, 0.05) is 18.0 Å². The Morgan fingerprint density at radius 1 is 1.14 bits per heavy atom. The van der Waals surface area contributed by atoms with Gasteiger partial charge in [0.15, 0.2) is 0 Å². The SMILES string of the molecule is Cc1cc(C)cc(C(=O)N2CC(Oc3ccncc3)C2)c1. The van der Waals surface area contributed by atoms with Gasteiger partial charge in [0.25, 0.3) is 5.91 Å². The van der Waals surface area contributed by atoms with Gasteiger partial charge in [0.1, 0.15) is 11.9 Å². The molecule has 0 unspecified atom stereocenters. The van der Waals surface area contributed by atoms with Crippen LogP contribution in [0.25, 0.3) is 0 Å². The molecule has 1 amide bonds. The average molecular weight is 282 g/mol. The second-order valence-electron chi connectivity index (χ2n) is 5.51. The van der Waals surface area contributed by atoms with Gasteiger partial charge in [-0.1, -0.05) is 17.2 Å². The summed E-state index contributed by atoms with van der Waals surface area (Å²) in [4.78, 5) is 18.2. The number of pyridine rings is 1. The molecule has 1 fully saturated rings. The minimum absolute atomic E-state index is 0.0715. The van der Waals surface area contributed by atoms with Crippen molar-refractivity contribution in [3.8, 4) is 5.75 Å². The molecule has 1 aliphatic rings. The van der Waals surface area contributed by atoms with Crippen molar-refractivity contribution in [2.24, 2.45) is 0 Å². The van der Waals surface area contributed by atoms with Gasteiger partial charge in [-0.2, -0.15) is 0 Å². The molecule has 1 aliphatic heterocycles. The van der Waals surface area contributed by atoms with E-state index in [1.54, 1.807) is 12.4 Å². The normalized spacial score (nSPS) is 14.7. The Balaban J connectivity index is 1.59. The molecule has 0 radical (unpaired) electrons.